The number of aliphatic hydroxyl groups excluding tert-OH is 1. The van der Waals surface area contributed by atoms with Gasteiger partial charge in [-0.1, -0.05) is 138 Å². The molecule has 0 aromatic heterocycles. The van der Waals surface area contributed by atoms with Crippen LogP contribution in [0.15, 0.2) is 0 Å². The Bertz CT molecular complexity index is 182. The van der Waals surface area contributed by atoms with E-state index in [-0.39, 0.29) is 95.8 Å². The van der Waals surface area contributed by atoms with E-state index in [0.29, 0.717) is 0 Å². The summed E-state index contributed by atoms with van der Waals surface area (Å²) >= 11 is 0. The molecule has 0 saturated heterocycles. The van der Waals surface area contributed by atoms with Crippen molar-refractivity contribution in [2.24, 2.45) is 0 Å². The predicted molar refractivity (Wildman–Crippen MR) is 156 cm³/mol. The van der Waals surface area contributed by atoms with E-state index < -0.39 is 0 Å². The summed E-state index contributed by atoms with van der Waals surface area (Å²) in [5.41, 5.74) is 0. The van der Waals surface area contributed by atoms with Crippen LogP contribution in [0.2, 0.25) is 0 Å². The van der Waals surface area contributed by atoms with Gasteiger partial charge >= 0.3 is 43.4 Å². The first kappa shape index (κ1) is 69.0. The third kappa shape index (κ3) is 275. The average molecular weight is 668 g/mol. The summed E-state index contributed by atoms with van der Waals surface area (Å²) in [6, 6.07) is 0. The van der Waals surface area contributed by atoms with Crippen LogP contribution in [-0.4, -0.2) is 57.5 Å². The zero-order chi connectivity index (χ0) is 32.4. The minimum atomic E-state index is -0.167. The van der Waals surface area contributed by atoms with Gasteiger partial charge in [-0.2, -0.15) is 0 Å². The summed E-state index contributed by atoms with van der Waals surface area (Å²) in [5.74, 6) is 0. The van der Waals surface area contributed by atoms with Crippen molar-refractivity contribution in [3.05, 3.63) is 0 Å². The van der Waals surface area contributed by atoms with Gasteiger partial charge in [-0.3, -0.25) is 0 Å². The van der Waals surface area contributed by atoms with E-state index in [1.165, 1.54) is 0 Å². The average Bonchev–Trinajstić information content (AvgIpc) is 2.89. The second kappa shape index (κ2) is 105. The van der Waals surface area contributed by atoms with E-state index in [9.17, 15) is 35.7 Å². The van der Waals surface area contributed by atoms with E-state index in [1.54, 1.807) is 13.8 Å². The number of unbranched alkanes of at least 4 members (excludes halogenated alkanes) is 7. The van der Waals surface area contributed by atoms with Crippen LogP contribution in [0.3, 0.4) is 0 Å². The molecule has 8 nitrogen and oxygen atoms in total. The second-order valence-electron chi connectivity index (χ2n) is 8.50. The molecular weight excluding hydrogens is 596 g/mol. The van der Waals surface area contributed by atoms with Crippen LogP contribution in [0.4, 0.5) is 0 Å². The summed E-state index contributed by atoms with van der Waals surface area (Å²) < 4.78 is 0. The van der Waals surface area contributed by atoms with Gasteiger partial charge in [0.15, 0.2) is 0 Å². The van der Waals surface area contributed by atoms with E-state index in [0.717, 1.165) is 89.9 Å². The third-order valence-corrected chi connectivity index (χ3v) is 3.49. The van der Waals surface area contributed by atoms with Crippen molar-refractivity contribution in [1.82, 2.24) is 0 Å². The predicted octanol–water partition coefficient (Wildman–Crippen LogP) is 1.41. The Morgan fingerprint density at radius 2 is 0.439 bits per heavy atom. The van der Waals surface area contributed by atoms with Crippen LogP contribution in [0.5, 0.6) is 0 Å². The number of hydrogen-bond acceptors (Lipinski definition) is 8. The van der Waals surface area contributed by atoms with E-state index >= 15 is 0 Å². The van der Waals surface area contributed by atoms with Crippen LogP contribution >= 0.6 is 0 Å². The first-order valence-corrected chi connectivity index (χ1v) is 15.4. The molecule has 10 heteroatoms. The molecule has 0 spiro atoms. The Balaban J connectivity index is -0.0000000333. The van der Waals surface area contributed by atoms with Gasteiger partial charge in [-0.25, -0.2) is 0 Å². The fourth-order valence-corrected chi connectivity index (χ4v) is 1.01. The van der Waals surface area contributed by atoms with Crippen LogP contribution in [0.25, 0.3) is 0 Å². The number of rotatable bonds is 14. The molecule has 0 aliphatic carbocycles. The molecule has 0 saturated carbocycles. The standard InChI is InChI=1S/7C4H9O.C3H8O.2Ti/c7*1-2-3-4-5;1-3(2)4;;/h7*2-4H2,1H3;3-4H,1-2H3;;/q7*-1;;+3;+4. The van der Waals surface area contributed by atoms with Crippen LogP contribution in [0, 0.1) is 0 Å². The summed E-state index contributed by atoms with van der Waals surface area (Å²) in [6.45, 7) is 18.2. The van der Waals surface area contributed by atoms with Crippen LogP contribution in [-0.2, 0) is 43.4 Å². The molecule has 0 amide bonds. The molecule has 251 valence electrons. The Hall–Kier alpha value is 1.11. The maximum Gasteiger partial charge on any atom is 4.00 e. The normalized spacial score (nSPS) is 8.05. The quantitative estimate of drug-likeness (QED) is 0.270. The zero-order valence-electron chi connectivity index (χ0n) is 28.7. The minimum absolute atomic E-state index is 0. The van der Waals surface area contributed by atoms with Crippen molar-refractivity contribution >= 4 is 0 Å². The Morgan fingerprint density at radius 1 is 0.366 bits per heavy atom. The maximum absolute atomic E-state index is 9.53. The zero-order valence-corrected chi connectivity index (χ0v) is 31.9. The van der Waals surface area contributed by atoms with Gasteiger partial charge < -0.3 is 40.9 Å². The van der Waals surface area contributed by atoms with E-state index in [2.05, 4.69) is 0 Å². The molecule has 1 radical (unpaired) electrons. The van der Waals surface area contributed by atoms with Gasteiger partial charge in [0.25, 0.3) is 0 Å². The summed E-state index contributed by atoms with van der Waals surface area (Å²) in [6.07, 6.45) is 12.9. The fraction of sp³-hybridized carbons (Fsp3) is 1.00. The smallest absolute Gasteiger partial charge is 0.854 e. The van der Waals surface area contributed by atoms with Crippen molar-refractivity contribution < 1.29 is 84.3 Å². The monoisotopic (exact) mass is 667 g/mol. The first-order chi connectivity index (χ1) is 18.6. The molecule has 0 aromatic carbocycles. The van der Waals surface area contributed by atoms with Crippen LogP contribution in [0.1, 0.15) is 152 Å². The van der Waals surface area contributed by atoms with Crippen molar-refractivity contribution in [1.29, 1.82) is 0 Å². The second-order valence-corrected chi connectivity index (χ2v) is 8.50. The molecule has 0 atom stereocenters. The van der Waals surface area contributed by atoms with Gasteiger partial charge in [-0.05, 0) is 13.8 Å². The van der Waals surface area contributed by atoms with Crippen molar-refractivity contribution in [3.63, 3.8) is 0 Å². The van der Waals surface area contributed by atoms with E-state index in [4.69, 9.17) is 5.11 Å². The molecule has 0 unspecified atom stereocenters. The molecular formula is C31H71O8Ti2. The topological polar surface area (TPSA) is 182 Å². The van der Waals surface area contributed by atoms with Gasteiger partial charge in [0.1, 0.15) is 0 Å². The Morgan fingerprint density at radius 3 is 0.439 bits per heavy atom. The Kier molecular flexibility index (Phi) is 177. The van der Waals surface area contributed by atoms with Gasteiger partial charge in [0.2, 0.25) is 0 Å². The van der Waals surface area contributed by atoms with Crippen molar-refractivity contribution in [2.75, 3.05) is 46.2 Å². The van der Waals surface area contributed by atoms with Gasteiger partial charge in [0.05, 0.1) is 0 Å². The molecule has 0 heterocycles. The number of aliphatic hydroxyl groups is 1. The van der Waals surface area contributed by atoms with Gasteiger partial charge in [0, 0.05) is 6.10 Å². The first-order valence-electron chi connectivity index (χ1n) is 15.4. The molecule has 1 N–H and O–H groups in total. The van der Waals surface area contributed by atoms with Gasteiger partial charge in [-0.15, -0.1) is 46.2 Å². The Labute approximate surface area is 287 Å². The molecule has 41 heavy (non-hydrogen) atoms. The summed E-state index contributed by atoms with van der Waals surface area (Å²) in [7, 11) is 0. The molecule has 0 bridgehead atoms. The molecule has 0 fully saturated rings. The summed E-state index contributed by atoms with van der Waals surface area (Å²) in [4.78, 5) is 0. The number of hydrogen-bond donors (Lipinski definition) is 1. The third-order valence-electron chi connectivity index (χ3n) is 3.49. The fourth-order valence-electron chi connectivity index (χ4n) is 1.01. The molecule has 0 rings (SSSR count). The minimum Gasteiger partial charge on any atom is -0.854 e. The van der Waals surface area contributed by atoms with E-state index in [1.807, 2.05) is 48.5 Å². The summed E-state index contributed by atoms with van der Waals surface area (Å²) in [5, 5.41) is 74.8. The maximum atomic E-state index is 9.53. The molecule has 0 aliphatic rings. The van der Waals surface area contributed by atoms with Crippen molar-refractivity contribution in [2.45, 2.75) is 158 Å². The molecule has 0 aromatic rings. The largest absolute Gasteiger partial charge is 4.00 e. The molecule has 0 aliphatic heterocycles. The van der Waals surface area contributed by atoms with Crippen LogP contribution < -0.4 is 35.7 Å². The SMILES string of the molecule is CC(C)O.CCCC[O-].CCCC[O-].CCCC[O-].CCCC[O-].CCCC[O-].CCCC[O-].CCCC[O-].[Ti+3].[Ti+4]. The van der Waals surface area contributed by atoms with Crippen molar-refractivity contribution in [3.8, 4) is 0 Å².